The van der Waals surface area contributed by atoms with Crippen molar-refractivity contribution in [2.45, 2.75) is 225 Å². The fourth-order valence-electron chi connectivity index (χ4n) is 6.59. The van der Waals surface area contributed by atoms with E-state index in [9.17, 15) is 19.0 Å². The number of likely N-dealkylation sites (N-methyl/N-ethyl adjacent to an activating group) is 1. The van der Waals surface area contributed by atoms with Crippen LogP contribution in [-0.4, -0.2) is 70.0 Å². The van der Waals surface area contributed by atoms with Crippen LogP contribution in [0.3, 0.4) is 0 Å². The summed E-state index contributed by atoms with van der Waals surface area (Å²) in [5.41, 5.74) is 0. The lowest BCUT2D eigenvalue weighted by Gasteiger charge is -2.28. The van der Waals surface area contributed by atoms with E-state index in [1.54, 1.807) is 0 Å². The molecular weight excluding hydrogens is 725 g/mol. The molecule has 0 rings (SSSR count). The zero-order valence-electron chi connectivity index (χ0n) is 37.3. The van der Waals surface area contributed by atoms with Gasteiger partial charge in [0.2, 0.25) is 0 Å². The molecule has 0 aromatic heterocycles. The first-order valence-electron chi connectivity index (χ1n) is 23.4. The van der Waals surface area contributed by atoms with Crippen LogP contribution in [0.4, 0.5) is 0 Å². The van der Waals surface area contributed by atoms with E-state index in [0.29, 0.717) is 17.4 Å². The second-order valence-electron chi connectivity index (χ2n) is 17.1. The van der Waals surface area contributed by atoms with E-state index in [-0.39, 0.29) is 32.0 Å². The molecule has 0 fully saturated rings. The Balaban J connectivity index is 4.29. The van der Waals surface area contributed by atoms with Crippen LogP contribution >= 0.6 is 7.82 Å². The highest BCUT2D eigenvalue weighted by Crippen LogP contribution is 2.38. The van der Waals surface area contributed by atoms with Crippen molar-refractivity contribution in [3.8, 4) is 0 Å². The molecule has 0 aliphatic carbocycles. The zero-order valence-corrected chi connectivity index (χ0v) is 38.2. The molecule has 10 heteroatoms. The highest BCUT2D eigenvalue weighted by molar-refractivity contribution is 7.45. The van der Waals surface area contributed by atoms with Gasteiger partial charge >= 0.3 is 11.9 Å². The number of quaternary nitrogens is 1. The number of carbonyl (C=O) groups excluding carboxylic acids is 2. The largest absolute Gasteiger partial charge is 0.756 e. The Morgan fingerprint density at radius 1 is 0.536 bits per heavy atom. The van der Waals surface area contributed by atoms with E-state index in [1.165, 1.54) is 154 Å². The molecule has 0 amide bonds. The SMILES string of the molecule is CCCCCC/C=C/CCCCCCCCCCCC(=O)OC[C@H](COP(=O)([O-])OCC[N+](C)(C)C)OC(=O)CCCCCCCCCCCCCCCCC. The number of phosphoric ester groups is 1. The van der Waals surface area contributed by atoms with Crippen molar-refractivity contribution in [3.63, 3.8) is 0 Å². The van der Waals surface area contributed by atoms with Gasteiger partial charge in [0.15, 0.2) is 6.10 Å². The Morgan fingerprint density at radius 3 is 1.34 bits per heavy atom. The standard InChI is InChI=1S/C46H90NO8P/c1-6-8-10-12-14-16-18-20-22-23-25-26-28-30-32-34-36-38-45(48)52-42-44(43-54-56(50,51)53-41-40-47(3,4)5)55-46(49)39-37-35-33-31-29-27-24-21-19-17-15-13-11-9-7-2/h16,18,44H,6-15,17,19-43H2,1-5H3/b18-16+/t44-/m1/s1. The van der Waals surface area contributed by atoms with E-state index in [1.807, 2.05) is 21.1 Å². The van der Waals surface area contributed by atoms with Gasteiger partial charge < -0.3 is 27.9 Å². The molecule has 0 saturated carbocycles. The number of esters is 2. The maximum Gasteiger partial charge on any atom is 0.306 e. The molecule has 0 saturated heterocycles. The van der Waals surface area contributed by atoms with Crippen LogP contribution in [0.2, 0.25) is 0 Å². The molecule has 9 nitrogen and oxygen atoms in total. The highest BCUT2D eigenvalue weighted by atomic mass is 31.2. The molecule has 0 aromatic carbocycles. The number of ether oxygens (including phenoxy) is 2. The molecule has 0 bridgehead atoms. The normalized spacial score (nSPS) is 13.6. The minimum atomic E-state index is -4.62. The van der Waals surface area contributed by atoms with Gasteiger partial charge in [0.1, 0.15) is 19.8 Å². The van der Waals surface area contributed by atoms with Gasteiger partial charge in [-0.3, -0.25) is 14.2 Å². The number of phosphoric acid groups is 1. The number of rotatable bonds is 43. The minimum Gasteiger partial charge on any atom is -0.756 e. The number of hydrogen-bond acceptors (Lipinski definition) is 8. The fourth-order valence-corrected chi connectivity index (χ4v) is 7.32. The Bertz CT molecular complexity index is 969. The van der Waals surface area contributed by atoms with Gasteiger partial charge in [-0.05, 0) is 38.5 Å². The quantitative estimate of drug-likeness (QED) is 0.0197. The van der Waals surface area contributed by atoms with Crippen molar-refractivity contribution in [1.82, 2.24) is 0 Å². The number of carbonyl (C=O) groups is 2. The lowest BCUT2D eigenvalue weighted by atomic mass is 10.0. The van der Waals surface area contributed by atoms with Crippen LogP contribution in [0.1, 0.15) is 219 Å². The van der Waals surface area contributed by atoms with Crippen molar-refractivity contribution < 1.29 is 42.1 Å². The molecular formula is C46H90NO8P. The van der Waals surface area contributed by atoms with Crippen molar-refractivity contribution in [3.05, 3.63) is 12.2 Å². The average molecular weight is 816 g/mol. The maximum absolute atomic E-state index is 12.7. The van der Waals surface area contributed by atoms with Gasteiger partial charge in [0.25, 0.3) is 7.82 Å². The van der Waals surface area contributed by atoms with Crippen LogP contribution in [-0.2, 0) is 32.7 Å². The Labute approximate surface area is 346 Å². The van der Waals surface area contributed by atoms with Gasteiger partial charge in [-0.1, -0.05) is 180 Å². The number of allylic oxidation sites excluding steroid dienone is 2. The number of nitrogens with zero attached hydrogens (tertiary/aromatic N) is 1. The van der Waals surface area contributed by atoms with E-state index >= 15 is 0 Å². The second kappa shape index (κ2) is 39.2. The molecule has 2 atom stereocenters. The first-order valence-corrected chi connectivity index (χ1v) is 24.9. The van der Waals surface area contributed by atoms with Crippen molar-refractivity contribution in [1.29, 1.82) is 0 Å². The van der Waals surface area contributed by atoms with Crippen molar-refractivity contribution >= 4 is 19.8 Å². The Morgan fingerprint density at radius 2 is 0.911 bits per heavy atom. The summed E-state index contributed by atoms with van der Waals surface area (Å²) in [5.74, 6) is -0.825. The van der Waals surface area contributed by atoms with Crippen molar-refractivity contribution in [2.75, 3.05) is 47.5 Å². The van der Waals surface area contributed by atoms with Crippen LogP contribution in [0.25, 0.3) is 0 Å². The van der Waals surface area contributed by atoms with Gasteiger partial charge in [0, 0.05) is 12.8 Å². The van der Waals surface area contributed by atoms with Crippen LogP contribution in [0, 0.1) is 0 Å². The maximum atomic E-state index is 12.7. The highest BCUT2D eigenvalue weighted by Gasteiger charge is 2.21. The summed E-state index contributed by atoms with van der Waals surface area (Å²) in [4.78, 5) is 37.6. The van der Waals surface area contributed by atoms with Gasteiger partial charge in [0.05, 0.1) is 27.7 Å². The predicted octanol–water partition coefficient (Wildman–Crippen LogP) is 12.7. The third-order valence-electron chi connectivity index (χ3n) is 10.3. The Hall–Kier alpha value is -1.25. The van der Waals surface area contributed by atoms with E-state index in [0.717, 1.165) is 32.1 Å². The summed E-state index contributed by atoms with van der Waals surface area (Å²) in [5, 5.41) is 0. The molecule has 1 unspecified atom stereocenters. The molecule has 0 radical (unpaired) electrons. The van der Waals surface area contributed by atoms with Crippen molar-refractivity contribution in [2.24, 2.45) is 0 Å². The summed E-state index contributed by atoms with van der Waals surface area (Å²) in [6, 6.07) is 0. The molecule has 0 aromatic rings. The summed E-state index contributed by atoms with van der Waals surface area (Å²) in [7, 11) is 1.18. The van der Waals surface area contributed by atoms with E-state index in [4.69, 9.17) is 18.5 Å². The van der Waals surface area contributed by atoms with E-state index in [2.05, 4.69) is 26.0 Å². The zero-order chi connectivity index (χ0) is 41.4. The smallest absolute Gasteiger partial charge is 0.306 e. The van der Waals surface area contributed by atoms with Crippen LogP contribution < -0.4 is 4.89 Å². The fraction of sp³-hybridized carbons (Fsp3) is 0.913. The third-order valence-corrected chi connectivity index (χ3v) is 11.2. The molecule has 0 N–H and O–H groups in total. The summed E-state index contributed by atoms with van der Waals surface area (Å²) in [6.07, 6.45) is 40.8. The predicted molar refractivity (Wildman–Crippen MR) is 231 cm³/mol. The first kappa shape index (κ1) is 54.8. The van der Waals surface area contributed by atoms with Crippen LogP contribution in [0.5, 0.6) is 0 Å². The molecule has 0 heterocycles. The lowest BCUT2D eigenvalue weighted by molar-refractivity contribution is -0.870. The molecule has 0 aliphatic rings. The van der Waals surface area contributed by atoms with Gasteiger partial charge in [-0.2, -0.15) is 0 Å². The topological polar surface area (TPSA) is 111 Å². The van der Waals surface area contributed by atoms with Gasteiger partial charge in [-0.25, -0.2) is 0 Å². The second-order valence-corrected chi connectivity index (χ2v) is 18.5. The average Bonchev–Trinajstić information content (AvgIpc) is 3.15. The molecule has 56 heavy (non-hydrogen) atoms. The summed E-state index contributed by atoms with van der Waals surface area (Å²) < 4.78 is 34.0. The number of hydrogen-bond donors (Lipinski definition) is 0. The molecule has 0 spiro atoms. The first-order chi connectivity index (χ1) is 27.0. The monoisotopic (exact) mass is 816 g/mol. The molecule has 0 aliphatic heterocycles. The lowest BCUT2D eigenvalue weighted by Crippen LogP contribution is -2.37. The third kappa shape index (κ3) is 42.4. The van der Waals surface area contributed by atoms with Gasteiger partial charge in [-0.15, -0.1) is 0 Å². The van der Waals surface area contributed by atoms with E-state index < -0.39 is 26.5 Å². The Kier molecular flexibility index (Phi) is 38.3. The summed E-state index contributed by atoms with van der Waals surface area (Å²) in [6.45, 7) is 4.25. The number of unbranched alkanes of at least 4 members (excludes halogenated alkanes) is 27. The van der Waals surface area contributed by atoms with Crippen LogP contribution in [0.15, 0.2) is 12.2 Å². The minimum absolute atomic E-state index is 0.0277. The molecule has 332 valence electrons. The summed E-state index contributed by atoms with van der Waals surface area (Å²) >= 11 is 0.